The highest BCUT2D eigenvalue weighted by atomic mass is 14.4. The van der Waals surface area contributed by atoms with Crippen molar-refractivity contribution in [2.24, 2.45) is 33.0 Å². The molecule has 0 radical (unpaired) electrons. The van der Waals surface area contributed by atoms with Crippen LogP contribution in [0.2, 0.25) is 0 Å². The zero-order valence-electron chi connectivity index (χ0n) is 19.6. The van der Waals surface area contributed by atoms with Crippen molar-refractivity contribution in [1.29, 1.82) is 0 Å². The van der Waals surface area contributed by atoms with Gasteiger partial charge in [0.2, 0.25) is 0 Å². The van der Waals surface area contributed by atoms with Gasteiger partial charge in [-0.05, 0) is 65.1 Å². The molecule has 0 aromatic rings. The van der Waals surface area contributed by atoms with Crippen LogP contribution in [0.3, 0.4) is 0 Å². The molecule has 0 amide bonds. The Morgan fingerprint density at radius 2 is 0.750 bits per heavy atom. The summed E-state index contributed by atoms with van der Waals surface area (Å²) in [7, 11) is 0. The van der Waals surface area contributed by atoms with Crippen molar-refractivity contribution in [2.45, 2.75) is 122 Å². The molecule has 0 nitrogen and oxygen atoms in total. The Hall–Kier alpha value is 0. The lowest BCUT2D eigenvalue weighted by Gasteiger charge is -2.44. The minimum absolute atomic E-state index is 0.395. The molecule has 0 unspecified atom stereocenters. The van der Waals surface area contributed by atoms with Crippen molar-refractivity contribution in [3.63, 3.8) is 0 Å². The molecular weight excluding hydrogens is 288 g/mol. The van der Waals surface area contributed by atoms with Crippen LogP contribution in [-0.4, -0.2) is 0 Å². The SMILES string of the molecule is CC(C)CC(C)(C)CC(C)(C)CC(C)(C)CC(C)(C)CC(C)(C)C. The Labute approximate surface area is 155 Å². The predicted molar refractivity (Wildman–Crippen MR) is 113 cm³/mol. The van der Waals surface area contributed by atoms with E-state index in [0.29, 0.717) is 27.1 Å². The smallest absolute Gasteiger partial charge is 0.0344 e. The first-order chi connectivity index (χ1) is 10.2. The summed E-state index contributed by atoms with van der Waals surface area (Å²) >= 11 is 0. The quantitative estimate of drug-likeness (QED) is 0.394. The summed E-state index contributed by atoms with van der Waals surface area (Å²) < 4.78 is 0. The first-order valence-electron chi connectivity index (χ1n) is 10.2. The molecule has 0 spiro atoms. The Morgan fingerprint density at radius 3 is 1.04 bits per heavy atom. The van der Waals surface area contributed by atoms with Gasteiger partial charge in [0.15, 0.2) is 0 Å². The van der Waals surface area contributed by atoms with Crippen LogP contribution in [0.5, 0.6) is 0 Å². The zero-order valence-corrected chi connectivity index (χ0v) is 19.6. The van der Waals surface area contributed by atoms with Crippen molar-refractivity contribution < 1.29 is 0 Å². The molecule has 24 heavy (non-hydrogen) atoms. The first-order valence-corrected chi connectivity index (χ1v) is 10.2. The van der Waals surface area contributed by atoms with Gasteiger partial charge in [0.05, 0.1) is 0 Å². The summed E-state index contributed by atoms with van der Waals surface area (Å²) in [6.07, 6.45) is 6.57. The lowest BCUT2D eigenvalue weighted by molar-refractivity contribution is 0.0679. The Bertz CT molecular complexity index is 371. The van der Waals surface area contributed by atoms with Crippen LogP contribution < -0.4 is 0 Å². The van der Waals surface area contributed by atoms with Crippen molar-refractivity contribution in [3.8, 4) is 0 Å². The van der Waals surface area contributed by atoms with Crippen LogP contribution >= 0.6 is 0 Å². The van der Waals surface area contributed by atoms with Gasteiger partial charge in [0, 0.05) is 0 Å². The molecule has 0 saturated heterocycles. The standard InChI is InChI=1S/C24H50/c1-19(2)14-21(6,7)16-23(10,11)18-24(12,13)17-22(8,9)15-20(3,4)5/h19H,14-18H2,1-13H3. The molecule has 0 aliphatic heterocycles. The van der Waals surface area contributed by atoms with Crippen LogP contribution in [0, 0.1) is 33.0 Å². The van der Waals surface area contributed by atoms with E-state index in [1.165, 1.54) is 32.1 Å². The fraction of sp³-hybridized carbons (Fsp3) is 1.00. The van der Waals surface area contributed by atoms with E-state index < -0.39 is 0 Å². The van der Waals surface area contributed by atoms with Crippen molar-refractivity contribution in [2.75, 3.05) is 0 Å². The molecule has 0 aliphatic rings. The molecule has 0 aliphatic carbocycles. The van der Waals surface area contributed by atoms with Gasteiger partial charge in [-0.25, -0.2) is 0 Å². The highest BCUT2D eigenvalue weighted by Gasteiger charge is 2.38. The Morgan fingerprint density at radius 1 is 0.458 bits per heavy atom. The molecule has 0 heterocycles. The Kier molecular flexibility index (Phi) is 7.71. The molecule has 0 aromatic heterocycles. The maximum Gasteiger partial charge on any atom is -0.0344 e. The average Bonchev–Trinajstić information content (AvgIpc) is 2.00. The molecule has 0 fully saturated rings. The molecule has 0 saturated carbocycles. The minimum atomic E-state index is 0.395. The van der Waals surface area contributed by atoms with Crippen LogP contribution in [0.15, 0.2) is 0 Å². The second-order valence-corrected chi connectivity index (χ2v) is 13.5. The maximum absolute atomic E-state index is 2.49. The van der Waals surface area contributed by atoms with Crippen LogP contribution in [-0.2, 0) is 0 Å². The summed E-state index contributed by atoms with van der Waals surface area (Å²) in [5.74, 6) is 0.787. The van der Waals surface area contributed by atoms with E-state index in [0.717, 1.165) is 5.92 Å². The molecule has 0 rings (SSSR count). The monoisotopic (exact) mass is 338 g/mol. The van der Waals surface area contributed by atoms with Crippen molar-refractivity contribution in [3.05, 3.63) is 0 Å². The first kappa shape index (κ1) is 24.0. The van der Waals surface area contributed by atoms with Crippen molar-refractivity contribution in [1.82, 2.24) is 0 Å². The lowest BCUT2D eigenvalue weighted by Crippen LogP contribution is -2.33. The van der Waals surface area contributed by atoms with Gasteiger partial charge in [-0.15, -0.1) is 0 Å². The summed E-state index contributed by atoms with van der Waals surface area (Å²) in [5, 5.41) is 0. The molecular formula is C24H50. The fourth-order valence-electron chi connectivity index (χ4n) is 6.69. The Balaban J connectivity index is 4.94. The fourth-order valence-corrected chi connectivity index (χ4v) is 6.69. The van der Waals surface area contributed by atoms with Gasteiger partial charge in [-0.1, -0.05) is 90.0 Å². The van der Waals surface area contributed by atoms with Gasteiger partial charge in [-0.3, -0.25) is 0 Å². The highest BCUT2D eigenvalue weighted by molar-refractivity contribution is 4.89. The van der Waals surface area contributed by atoms with Crippen LogP contribution in [0.1, 0.15) is 122 Å². The van der Waals surface area contributed by atoms with Crippen LogP contribution in [0.4, 0.5) is 0 Å². The van der Waals surface area contributed by atoms with E-state index in [1.54, 1.807) is 0 Å². The molecule has 146 valence electrons. The number of hydrogen-bond donors (Lipinski definition) is 0. The number of hydrogen-bond acceptors (Lipinski definition) is 0. The third-order valence-corrected chi connectivity index (χ3v) is 4.84. The van der Waals surface area contributed by atoms with Gasteiger partial charge >= 0.3 is 0 Å². The summed E-state index contributed by atoms with van der Waals surface area (Å²) in [4.78, 5) is 0. The third-order valence-electron chi connectivity index (χ3n) is 4.84. The van der Waals surface area contributed by atoms with Gasteiger partial charge in [-0.2, -0.15) is 0 Å². The molecule has 0 aromatic carbocycles. The molecule has 0 bridgehead atoms. The minimum Gasteiger partial charge on any atom is -0.0628 e. The second kappa shape index (κ2) is 7.71. The normalized spacial score (nSPS) is 15.2. The summed E-state index contributed by atoms with van der Waals surface area (Å²) in [5.41, 5.74) is 2.06. The van der Waals surface area contributed by atoms with Crippen molar-refractivity contribution >= 4 is 0 Å². The van der Waals surface area contributed by atoms with Gasteiger partial charge < -0.3 is 0 Å². The highest BCUT2D eigenvalue weighted by Crippen LogP contribution is 2.49. The summed E-state index contributed by atoms with van der Waals surface area (Å²) in [6, 6.07) is 0. The maximum atomic E-state index is 2.49. The van der Waals surface area contributed by atoms with Gasteiger partial charge in [0.25, 0.3) is 0 Å². The second-order valence-electron chi connectivity index (χ2n) is 13.5. The third kappa shape index (κ3) is 11.5. The lowest BCUT2D eigenvalue weighted by atomic mass is 9.61. The van der Waals surface area contributed by atoms with E-state index in [-0.39, 0.29) is 0 Å². The van der Waals surface area contributed by atoms with E-state index in [9.17, 15) is 0 Å². The summed E-state index contributed by atoms with van der Waals surface area (Å²) in [6.45, 7) is 31.7. The van der Waals surface area contributed by atoms with E-state index >= 15 is 0 Å². The van der Waals surface area contributed by atoms with E-state index in [2.05, 4.69) is 90.0 Å². The number of rotatable bonds is 9. The topological polar surface area (TPSA) is 0 Å². The molecule has 0 heteroatoms. The largest absolute Gasteiger partial charge is 0.0628 e. The van der Waals surface area contributed by atoms with Crippen LogP contribution in [0.25, 0.3) is 0 Å². The molecule has 0 N–H and O–H groups in total. The van der Waals surface area contributed by atoms with Gasteiger partial charge in [0.1, 0.15) is 0 Å². The van der Waals surface area contributed by atoms with E-state index in [4.69, 9.17) is 0 Å². The molecule has 0 atom stereocenters. The average molecular weight is 339 g/mol. The van der Waals surface area contributed by atoms with E-state index in [1.807, 2.05) is 0 Å². The zero-order chi connectivity index (χ0) is 19.6. The predicted octanol–water partition coefficient (Wildman–Crippen LogP) is 8.74.